The highest BCUT2D eigenvalue weighted by molar-refractivity contribution is 8.00. The van der Waals surface area contributed by atoms with E-state index in [9.17, 15) is 9.90 Å². The number of hydrogen-bond acceptors (Lipinski definition) is 4. The molecular formula is C17H25NO3S. The summed E-state index contributed by atoms with van der Waals surface area (Å²) in [5.41, 5.74) is 1.07. The molecule has 0 aromatic heterocycles. The first kappa shape index (κ1) is 17.2. The van der Waals surface area contributed by atoms with E-state index >= 15 is 0 Å². The topological polar surface area (TPSA) is 58.6 Å². The molecule has 0 radical (unpaired) electrons. The first-order valence-electron chi connectivity index (χ1n) is 7.75. The standard InChI is InChI=1S/C17H25NO3S/c1-21-14-8-6-13(7-9-14)12-18-15(16(19)20)17(22-2)10-4-3-5-11-17/h6-9,15,18H,3-5,10-12H2,1-2H3,(H,19,20). The molecule has 0 spiro atoms. The summed E-state index contributed by atoms with van der Waals surface area (Å²) in [6.45, 7) is 0.559. The first-order valence-corrected chi connectivity index (χ1v) is 8.98. The van der Waals surface area contributed by atoms with Crippen LogP contribution in [0.25, 0.3) is 0 Å². The Hall–Kier alpha value is -1.20. The third-order valence-electron chi connectivity index (χ3n) is 4.55. The minimum atomic E-state index is -0.746. The molecule has 1 aliphatic rings. The molecule has 0 bridgehead atoms. The van der Waals surface area contributed by atoms with Crippen molar-refractivity contribution in [3.05, 3.63) is 29.8 Å². The molecule has 1 unspecified atom stereocenters. The van der Waals surface area contributed by atoms with Crippen LogP contribution in [0.2, 0.25) is 0 Å². The lowest BCUT2D eigenvalue weighted by molar-refractivity contribution is -0.140. The van der Waals surface area contributed by atoms with Crippen molar-refractivity contribution in [3.63, 3.8) is 0 Å². The molecular weight excluding hydrogens is 298 g/mol. The summed E-state index contributed by atoms with van der Waals surface area (Å²) in [5.74, 6) is 0.0659. The lowest BCUT2D eigenvalue weighted by Crippen LogP contribution is -2.54. The minimum absolute atomic E-state index is 0.184. The van der Waals surface area contributed by atoms with Crippen LogP contribution in [0.5, 0.6) is 5.75 Å². The monoisotopic (exact) mass is 323 g/mol. The van der Waals surface area contributed by atoms with Crippen molar-refractivity contribution in [1.82, 2.24) is 5.32 Å². The molecule has 0 amide bonds. The van der Waals surface area contributed by atoms with Gasteiger partial charge in [0, 0.05) is 11.3 Å². The molecule has 0 saturated heterocycles. The number of carbonyl (C=O) groups is 1. The number of methoxy groups -OCH3 is 1. The Morgan fingerprint density at radius 1 is 1.32 bits per heavy atom. The zero-order valence-electron chi connectivity index (χ0n) is 13.3. The van der Waals surface area contributed by atoms with E-state index in [2.05, 4.69) is 5.32 Å². The van der Waals surface area contributed by atoms with Gasteiger partial charge in [0.2, 0.25) is 0 Å². The van der Waals surface area contributed by atoms with Crippen molar-refractivity contribution in [1.29, 1.82) is 0 Å². The third kappa shape index (κ3) is 3.96. The number of thioether (sulfide) groups is 1. The van der Waals surface area contributed by atoms with E-state index in [1.54, 1.807) is 18.9 Å². The van der Waals surface area contributed by atoms with Gasteiger partial charge in [-0.25, -0.2) is 0 Å². The van der Waals surface area contributed by atoms with Crippen LogP contribution in [0.15, 0.2) is 24.3 Å². The van der Waals surface area contributed by atoms with Crippen molar-refractivity contribution in [2.75, 3.05) is 13.4 Å². The maximum Gasteiger partial charge on any atom is 0.322 e. The Bertz CT molecular complexity index is 483. The van der Waals surface area contributed by atoms with Crippen LogP contribution < -0.4 is 10.1 Å². The number of carboxylic acids is 1. The van der Waals surface area contributed by atoms with E-state index in [1.165, 1.54) is 6.42 Å². The highest BCUT2D eigenvalue weighted by Gasteiger charge is 2.43. The van der Waals surface area contributed by atoms with Gasteiger partial charge in [-0.1, -0.05) is 31.4 Å². The average molecular weight is 323 g/mol. The molecule has 1 saturated carbocycles. The molecule has 2 N–H and O–H groups in total. The molecule has 1 fully saturated rings. The summed E-state index contributed by atoms with van der Waals surface area (Å²) in [6, 6.07) is 7.23. The maximum atomic E-state index is 11.8. The van der Waals surface area contributed by atoms with Gasteiger partial charge in [0.1, 0.15) is 11.8 Å². The first-order chi connectivity index (χ1) is 10.6. The molecule has 5 heteroatoms. The Morgan fingerprint density at radius 2 is 1.95 bits per heavy atom. The summed E-state index contributed by atoms with van der Waals surface area (Å²) in [7, 11) is 1.64. The molecule has 4 nitrogen and oxygen atoms in total. The average Bonchev–Trinajstić information content (AvgIpc) is 2.56. The summed E-state index contributed by atoms with van der Waals surface area (Å²) in [5, 5.41) is 13.0. The van der Waals surface area contributed by atoms with Gasteiger partial charge < -0.3 is 9.84 Å². The molecule has 2 rings (SSSR count). The van der Waals surface area contributed by atoms with Gasteiger partial charge in [-0.2, -0.15) is 11.8 Å². The quantitative estimate of drug-likeness (QED) is 0.806. The summed E-state index contributed by atoms with van der Waals surface area (Å²) in [6.07, 6.45) is 7.44. The fourth-order valence-electron chi connectivity index (χ4n) is 3.22. The molecule has 122 valence electrons. The summed E-state index contributed by atoms with van der Waals surface area (Å²) < 4.78 is 4.96. The second-order valence-corrected chi connectivity index (χ2v) is 7.05. The van der Waals surface area contributed by atoms with Gasteiger partial charge in [-0.15, -0.1) is 0 Å². The Kier molecular flexibility index (Phi) is 6.15. The van der Waals surface area contributed by atoms with Gasteiger partial charge in [0.05, 0.1) is 7.11 Å². The van der Waals surface area contributed by atoms with Crippen LogP contribution in [-0.2, 0) is 11.3 Å². The summed E-state index contributed by atoms with van der Waals surface area (Å²) in [4.78, 5) is 11.8. The number of benzene rings is 1. The number of aliphatic carboxylic acids is 1. The molecule has 0 heterocycles. The Morgan fingerprint density at radius 3 is 2.45 bits per heavy atom. The maximum absolute atomic E-state index is 11.8. The fourth-order valence-corrected chi connectivity index (χ4v) is 4.34. The predicted molar refractivity (Wildman–Crippen MR) is 90.6 cm³/mol. The van der Waals surface area contributed by atoms with E-state index in [1.807, 2.05) is 30.5 Å². The summed E-state index contributed by atoms with van der Waals surface area (Å²) >= 11 is 1.71. The number of carboxylic acid groups (broad SMARTS) is 1. The molecule has 1 aliphatic carbocycles. The van der Waals surface area contributed by atoms with Crippen LogP contribution >= 0.6 is 11.8 Å². The fraction of sp³-hybridized carbons (Fsp3) is 0.588. The number of hydrogen-bond donors (Lipinski definition) is 2. The van der Waals surface area contributed by atoms with Crippen molar-refractivity contribution in [2.24, 2.45) is 0 Å². The zero-order chi connectivity index (χ0) is 16.0. The highest BCUT2D eigenvalue weighted by atomic mass is 32.2. The molecule has 1 atom stereocenters. The van der Waals surface area contributed by atoms with Crippen LogP contribution in [0.1, 0.15) is 37.7 Å². The second-order valence-electron chi connectivity index (χ2n) is 5.83. The van der Waals surface area contributed by atoms with E-state index in [-0.39, 0.29) is 4.75 Å². The SMILES string of the molecule is COc1ccc(CNC(C(=O)O)C2(SC)CCCCC2)cc1. The van der Waals surface area contributed by atoms with Gasteiger partial charge in [-0.05, 0) is 36.8 Å². The Balaban J connectivity index is 2.06. The number of ether oxygens (including phenoxy) is 1. The molecule has 1 aromatic rings. The molecule has 1 aromatic carbocycles. The van der Waals surface area contributed by atoms with Crippen LogP contribution in [-0.4, -0.2) is 35.2 Å². The smallest absolute Gasteiger partial charge is 0.322 e. The van der Waals surface area contributed by atoms with E-state index < -0.39 is 12.0 Å². The zero-order valence-corrected chi connectivity index (χ0v) is 14.1. The molecule has 0 aliphatic heterocycles. The van der Waals surface area contributed by atoms with E-state index in [0.29, 0.717) is 6.54 Å². The highest BCUT2D eigenvalue weighted by Crippen LogP contribution is 2.41. The van der Waals surface area contributed by atoms with Gasteiger partial charge in [0.15, 0.2) is 0 Å². The third-order valence-corrected chi connectivity index (χ3v) is 6.01. The second kappa shape index (κ2) is 7.88. The lowest BCUT2D eigenvalue weighted by atomic mass is 9.82. The van der Waals surface area contributed by atoms with Gasteiger partial charge in [-0.3, -0.25) is 10.1 Å². The minimum Gasteiger partial charge on any atom is -0.497 e. The van der Waals surface area contributed by atoms with Gasteiger partial charge in [0.25, 0.3) is 0 Å². The lowest BCUT2D eigenvalue weighted by Gasteiger charge is -2.40. The molecule has 22 heavy (non-hydrogen) atoms. The van der Waals surface area contributed by atoms with E-state index in [4.69, 9.17) is 4.74 Å². The van der Waals surface area contributed by atoms with Crippen LogP contribution in [0, 0.1) is 0 Å². The van der Waals surface area contributed by atoms with Crippen molar-refractivity contribution >= 4 is 17.7 Å². The van der Waals surface area contributed by atoms with Crippen molar-refractivity contribution in [3.8, 4) is 5.75 Å². The Labute approximate surface area is 136 Å². The van der Waals surface area contributed by atoms with Gasteiger partial charge >= 0.3 is 5.97 Å². The normalized spacial score (nSPS) is 18.6. The van der Waals surface area contributed by atoms with E-state index in [0.717, 1.165) is 37.0 Å². The van der Waals surface area contributed by atoms with Crippen LogP contribution in [0.3, 0.4) is 0 Å². The van der Waals surface area contributed by atoms with Crippen LogP contribution in [0.4, 0.5) is 0 Å². The predicted octanol–water partition coefficient (Wildman–Crippen LogP) is 3.30. The number of nitrogens with one attached hydrogen (secondary N) is 1. The number of rotatable bonds is 7. The van der Waals surface area contributed by atoms with Crippen molar-refractivity contribution < 1.29 is 14.6 Å². The van der Waals surface area contributed by atoms with Crippen molar-refractivity contribution in [2.45, 2.75) is 49.4 Å². The largest absolute Gasteiger partial charge is 0.497 e.